The minimum Gasteiger partial charge on any atom is -0.478 e. The zero-order valence-electron chi connectivity index (χ0n) is 20.3. The van der Waals surface area contributed by atoms with Crippen LogP contribution in [0, 0.1) is 5.92 Å². The van der Waals surface area contributed by atoms with Crippen LogP contribution in [0.3, 0.4) is 0 Å². The molecule has 1 aromatic carbocycles. The van der Waals surface area contributed by atoms with Crippen LogP contribution in [0.2, 0.25) is 0 Å². The number of allylic oxidation sites excluding steroid dienone is 2. The molecule has 2 N–H and O–H groups in total. The van der Waals surface area contributed by atoms with Gasteiger partial charge in [0.25, 0.3) is 5.91 Å². The minimum atomic E-state index is -0.880. The number of benzene rings is 1. The van der Waals surface area contributed by atoms with Crippen molar-refractivity contribution in [3.05, 3.63) is 77.5 Å². The van der Waals surface area contributed by atoms with Crippen molar-refractivity contribution in [1.29, 1.82) is 0 Å². The molecule has 35 heavy (non-hydrogen) atoms. The van der Waals surface area contributed by atoms with Crippen LogP contribution >= 0.6 is 0 Å². The number of pyridine rings is 1. The van der Waals surface area contributed by atoms with Crippen molar-refractivity contribution in [2.45, 2.75) is 45.1 Å². The molecule has 0 radical (unpaired) electrons. The number of amides is 1. The van der Waals surface area contributed by atoms with Crippen LogP contribution in [-0.2, 0) is 9.53 Å². The normalized spacial score (nSPS) is 18.4. The van der Waals surface area contributed by atoms with E-state index in [1.165, 1.54) is 5.56 Å². The number of carboxylic acids is 1. The van der Waals surface area contributed by atoms with Gasteiger partial charge in [0, 0.05) is 30.6 Å². The van der Waals surface area contributed by atoms with E-state index in [0.717, 1.165) is 31.7 Å². The summed E-state index contributed by atoms with van der Waals surface area (Å²) in [6, 6.07) is 11.5. The predicted octanol–water partition coefficient (Wildman–Crippen LogP) is 5.03. The lowest BCUT2D eigenvalue weighted by atomic mass is 9.97. The van der Waals surface area contributed by atoms with Gasteiger partial charge in [-0.3, -0.25) is 4.79 Å². The summed E-state index contributed by atoms with van der Waals surface area (Å²) in [6.07, 6.45) is 9.26. The van der Waals surface area contributed by atoms with Gasteiger partial charge in [-0.1, -0.05) is 44.2 Å². The maximum absolute atomic E-state index is 12.5. The second kappa shape index (κ2) is 11.3. The van der Waals surface area contributed by atoms with E-state index in [2.05, 4.69) is 29.0 Å². The van der Waals surface area contributed by atoms with Gasteiger partial charge in [-0.2, -0.15) is 0 Å². The van der Waals surface area contributed by atoms with Gasteiger partial charge in [-0.15, -0.1) is 0 Å². The first-order valence-electron chi connectivity index (χ1n) is 12.2. The predicted molar refractivity (Wildman–Crippen MR) is 137 cm³/mol. The molecular weight excluding hydrogens is 442 g/mol. The van der Waals surface area contributed by atoms with Gasteiger partial charge < -0.3 is 20.1 Å². The van der Waals surface area contributed by atoms with Gasteiger partial charge in [-0.05, 0) is 54.5 Å². The first kappa shape index (κ1) is 24.7. The van der Waals surface area contributed by atoms with E-state index < -0.39 is 5.97 Å². The zero-order valence-corrected chi connectivity index (χ0v) is 20.3. The maximum atomic E-state index is 12.5. The van der Waals surface area contributed by atoms with Crippen molar-refractivity contribution in [3.63, 3.8) is 0 Å². The molecule has 1 aliphatic heterocycles. The second-order valence-electron chi connectivity index (χ2n) is 9.52. The average Bonchev–Trinajstić information content (AvgIpc) is 2.88. The lowest BCUT2D eigenvalue weighted by Crippen LogP contribution is -2.36. The summed E-state index contributed by atoms with van der Waals surface area (Å²) in [6.45, 7) is 6.66. The first-order chi connectivity index (χ1) is 16.9. The van der Waals surface area contributed by atoms with Crippen molar-refractivity contribution in [2.24, 2.45) is 5.92 Å². The molecule has 1 unspecified atom stereocenters. The number of hydrogen-bond donors (Lipinski definition) is 2. The van der Waals surface area contributed by atoms with Crippen LogP contribution in [0.4, 0.5) is 11.5 Å². The third-order valence-corrected chi connectivity index (χ3v) is 6.65. The Kier molecular flexibility index (Phi) is 7.98. The van der Waals surface area contributed by atoms with Crippen molar-refractivity contribution in [2.75, 3.05) is 29.9 Å². The number of rotatable bonds is 8. The quantitative estimate of drug-likeness (QED) is 0.556. The van der Waals surface area contributed by atoms with Gasteiger partial charge in [0.1, 0.15) is 5.82 Å². The Morgan fingerprint density at radius 1 is 1.14 bits per heavy atom. The highest BCUT2D eigenvalue weighted by atomic mass is 16.5. The molecule has 4 rings (SSSR count). The molecule has 2 heterocycles. The number of ether oxygens (including phenoxy) is 1. The summed E-state index contributed by atoms with van der Waals surface area (Å²) in [5.41, 5.74) is 2.90. The number of carbonyl (C=O) groups is 2. The Morgan fingerprint density at radius 2 is 1.89 bits per heavy atom. The molecule has 184 valence electrons. The van der Waals surface area contributed by atoms with E-state index in [9.17, 15) is 9.59 Å². The Hall–Kier alpha value is -3.45. The SMILES string of the molecule is CC(C)c1ccc(C(=O)Nc2ccc(N3CCC(COC4C=CC=C(C(=O)O)C4)CC3)nc2)cc1. The number of aliphatic carboxylic acids is 1. The van der Waals surface area contributed by atoms with Crippen molar-refractivity contribution < 1.29 is 19.4 Å². The molecule has 1 amide bonds. The standard InChI is InChI=1S/C28H33N3O4/c1-19(2)21-6-8-22(9-7-21)27(32)30-24-10-11-26(29-17-24)31-14-12-20(13-15-31)18-35-25-5-3-4-23(16-25)28(33)34/h3-11,17,19-20,25H,12-16,18H2,1-2H3,(H,30,32)(H,33,34). The van der Waals surface area contributed by atoms with Crippen LogP contribution in [-0.4, -0.2) is 47.8 Å². The number of nitrogens with zero attached hydrogens (tertiary/aromatic N) is 2. The number of carbonyl (C=O) groups excluding carboxylic acids is 1. The van der Waals surface area contributed by atoms with Gasteiger partial charge in [-0.25, -0.2) is 9.78 Å². The van der Waals surface area contributed by atoms with Gasteiger partial charge in [0.05, 0.1) is 24.6 Å². The molecule has 1 fully saturated rings. The molecule has 1 atom stereocenters. The third-order valence-electron chi connectivity index (χ3n) is 6.65. The number of carboxylic acid groups (broad SMARTS) is 1. The van der Waals surface area contributed by atoms with E-state index in [4.69, 9.17) is 9.84 Å². The number of anilines is 2. The minimum absolute atomic E-state index is 0.144. The van der Waals surface area contributed by atoms with Crippen LogP contribution in [0.15, 0.2) is 66.4 Å². The highest BCUT2D eigenvalue weighted by molar-refractivity contribution is 6.04. The molecule has 7 heteroatoms. The highest BCUT2D eigenvalue weighted by Gasteiger charge is 2.23. The van der Waals surface area contributed by atoms with E-state index >= 15 is 0 Å². The molecule has 0 bridgehead atoms. The summed E-state index contributed by atoms with van der Waals surface area (Å²) >= 11 is 0. The van der Waals surface area contributed by atoms with E-state index in [0.29, 0.717) is 41.7 Å². The van der Waals surface area contributed by atoms with Gasteiger partial charge in [0.2, 0.25) is 0 Å². The zero-order chi connectivity index (χ0) is 24.8. The topological polar surface area (TPSA) is 91.8 Å². The molecule has 2 aliphatic rings. The van der Waals surface area contributed by atoms with Crippen molar-refractivity contribution >= 4 is 23.4 Å². The molecule has 7 nitrogen and oxygen atoms in total. The van der Waals surface area contributed by atoms with E-state index in [-0.39, 0.29) is 12.0 Å². The molecule has 0 spiro atoms. The van der Waals surface area contributed by atoms with Crippen LogP contribution in [0.5, 0.6) is 0 Å². The fourth-order valence-corrected chi connectivity index (χ4v) is 4.38. The lowest BCUT2D eigenvalue weighted by Gasteiger charge is -2.33. The molecule has 1 saturated heterocycles. The fourth-order valence-electron chi connectivity index (χ4n) is 4.38. The summed E-state index contributed by atoms with van der Waals surface area (Å²) in [4.78, 5) is 30.5. The number of aromatic nitrogens is 1. The second-order valence-corrected chi connectivity index (χ2v) is 9.52. The summed E-state index contributed by atoms with van der Waals surface area (Å²) < 4.78 is 5.99. The number of nitrogens with one attached hydrogen (secondary N) is 1. The van der Waals surface area contributed by atoms with Crippen molar-refractivity contribution in [1.82, 2.24) is 4.98 Å². The largest absolute Gasteiger partial charge is 0.478 e. The monoisotopic (exact) mass is 475 g/mol. The summed E-state index contributed by atoms with van der Waals surface area (Å²) in [5.74, 6) is 0.749. The van der Waals surface area contributed by atoms with Gasteiger partial charge in [0.15, 0.2) is 0 Å². The number of hydrogen-bond acceptors (Lipinski definition) is 5. The first-order valence-corrected chi connectivity index (χ1v) is 12.2. The van der Waals surface area contributed by atoms with E-state index in [1.54, 1.807) is 18.3 Å². The Morgan fingerprint density at radius 3 is 2.51 bits per heavy atom. The van der Waals surface area contributed by atoms with Gasteiger partial charge >= 0.3 is 5.97 Å². The molecular formula is C28H33N3O4. The maximum Gasteiger partial charge on any atom is 0.331 e. The average molecular weight is 476 g/mol. The van der Waals surface area contributed by atoms with E-state index in [1.807, 2.05) is 42.5 Å². The Balaban J connectivity index is 1.22. The summed E-state index contributed by atoms with van der Waals surface area (Å²) in [7, 11) is 0. The lowest BCUT2D eigenvalue weighted by molar-refractivity contribution is -0.133. The third kappa shape index (κ3) is 6.57. The van der Waals surface area contributed by atoms with Crippen LogP contribution < -0.4 is 10.2 Å². The smallest absolute Gasteiger partial charge is 0.331 e. The number of piperidine rings is 1. The van der Waals surface area contributed by atoms with Crippen LogP contribution in [0.1, 0.15) is 54.9 Å². The molecule has 1 aromatic heterocycles. The van der Waals surface area contributed by atoms with Crippen molar-refractivity contribution in [3.8, 4) is 0 Å². The fraction of sp³-hybridized carbons (Fsp3) is 0.393. The molecule has 0 saturated carbocycles. The molecule has 2 aromatic rings. The summed E-state index contributed by atoms with van der Waals surface area (Å²) in [5, 5.41) is 12.1. The Labute approximate surface area is 206 Å². The molecule has 1 aliphatic carbocycles. The highest BCUT2D eigenvalue weighted by Crippen LogP contribution is 2.25. The Bertz CT molecular complexity index is 1080. The van der Waals surface area contributed by atoms with Crippen LogP contribution in [0.25, 0.3) is 0 Å².